The second-order valence-corrected chi connectivity index (χ2v) is 11.6. The predicted octanol–water partition coefficient (Wildman–Crippen LogP) is 9.07. The zero-order valence-corrected chi connectivity index (χ0v) is 28.0. The molecule has 5 rings (SSSR count). The lowest BCUT2D eigenvalue weighted by atomic mass is 9.92. The Hall–Kier alpha value is -5.95. The largest absolute Gasteiger partial charge is 0.494 e. The number of Topliss-reactive ketones (excluding diaryl/α,β-unsaturated/α-hetero) is 2. The van der Waals surface area contributed by atoms with E-state index < -0.39 is 12.6 Å². The number of carboxylic acid groups (broad SMARTS) is 1. The summed E-state index contributed by atoms with van der Waals surface area (Å²) in [6.07, 6.45) is 0. The highest BCUT2D eigenvalue weighted by molar-refractivity contribution is 5.96. The van der Waals surface area contributed by atoms with Crippen LogP contribution in [0.3, 0.4) is 0 Å². The quantitative estimate of drug-likeness (QED) is 0.0942. The van der Waals surface area contributed by atoms with E-state index in [-0.39, 0.29) is 18.2 Å². The molecule has 0 spiro atoms. The lowest BCUT2D eigenvalue weighted by molar-refractivity contribution is -0.139. The van der Waals surface area contributed by atoms with Gasteiger partial charge in [-0.3, -0.25) is 9.59 Å². The Morgan fingerprint density at radius 3 is 1.57 bits per heavy atom. The summed E-state index contributed by atoms with van der Waals surface area (Å²) >= 11 is 0. The van der Waals surface area contributed by atoms with Crippen LogP contribution >= 0.6 is 0 Å². The fourth-order valence-corrected chi connectivity index (χ4v) is 5.51. The third-order valence-electron chi connectivity index (χ3n) is 8.02. The van der Waals surface area contributed by atoms with Gasteiger partial charge in [0.05, 0.1) is 6.61 Å². The molecule has 0 aliphatic heterocycles. The van der Waals surface area contributed by atoms with Crippen molar-refractivity contribution < 1.29 is 33.7 Å². The third-order valence-corrected chi connectivity index (χ3v) is 8.02. The molecule has 0 fully saturated rings. The first-order chi connectivity index (χ1) is 23.6. The number of carboxylic acids is 1. The molecule has 0 aliphatic rings. The highest BCUT2D eigenvalue weighted by atomic mass is 16.5. The molecule has 248 valence electrons. The Balaban J connectivity index is 1.53. The molecule has 1 N–H and O–H groups in total. The Labute approximate surface area is 286 Å². The highest BCUT2D eigenvalue weighted by Gasteiger charge is 2.17. The molecule has 7 heteroatoms. The maximum atomic E-state index is 12.0. The summed E-state index contributed by atoms with van der Waals surface area (Å²) in [5, 5.41) is 8.97. The molecule has 5 aromatic carbocycles. The van der Waals surface area contributed by atoms with Crippen LogP contribution < -0.4 is 9.47 Å². The van der Waals surface area contributed by atoms with Crippen LogP contribution in [0.5, 0.6) is 11.5 Å². The van der Waals surface area contributed by atoms with Crippen molar-refractivity contribution in [2.24, 2.45) is 0 Å². The van der Waals surface area contributed by atoms with Gasteiger partial charge < -0.3 is 19.3 Å². The van der Waals surface area contributed by atoms with E-state index in [1.807, 2.05) is 111 Å². The average Bonchev–Trinajstić information content (AvgIpc) is 3.11. The summed E-state index contributed by atoms with van der Waals surface area (Å²) in [7, 11) is 0. The lowest BCUT2D eigenvalue weighted by Crippen LogP contribution is -2.11. The van der Waals surface area contributed by atoms with Gasteiger partial charge in [0.25, 0.3) is 0 Å². The number of hydrogen-bond acceptors (Lipinski definition) is 6. The molecule has 0 aliphatic carbocycles. The maximum Gasteiger partial charge on any atom is 0.341 e. The normalized spacial score (nSPS) is 10.6. The van der Waals surface area contributed by atoms with Crippen LogP contribution in [0.15, 0.2) is 121 Å². The fourth-order valence-electron chi connectivity index (χ4n) is 5.51. The van der Waals surface area contributed by atoms with Gasteiger partial charge in [-0.15, -0.1) is 0 Å². The minimum atomic E-state index is -1.05. The number of hydrogen-bond donors (Lipinski definition) is 1. The van der Waals surface area contributed by atoms with Gasteiger partial charge in [0.1, 0.15) is 23.9 Å². The smallest absolute Gasteiger partial charge is 0.341 e. The molecular weight excluding hydrogens is 616 g/mol. The monoisotopic (exact) mass is 654 g/mol. The van der Waals surface area contributed by atoms with E-state index in [1.54, 1.807) is 32.0 Å². The Morgan fingerprint density at radius 1 is 0.592 bits per heavy atom. The molecule has 0 amide bonds. The van der Waals surface area contributed by atoms with E-state index in [0.717, 1.165) is 44.5 Å². The van der Waals surface area contributed by atoms with Crippen molar-refractivity contribution in [3.8, 4) is 33.8 Å². The minimum Gasteiger partial charge on any atom is -0.494 e. The molecular formula is C42H38O7. The number of rotatable bonds is 14. The first kappa shape index (κ1) is 34.4. The van der Waals surface area contributed by atoms with Crippen molar-refractivity contribution in [3.05, 3.63) is 149 Å². The number of carbonyl (C=O) groups is 3. The van der Waals surface area contributed by atoms with Crippen LogP contribution in [0.1, 0.15) is 58.2 Å². The SMILES string of the molecule is CCOC(COc1ccc(OCC(=O)O)c(C)c1)=C(c1ccc(-c2cccc(C(C)=O)c2)cc1)c1ccc(-c2cccc(C(C)=O)c2)cc1. The van der Waals surface area contributed by atoms with Crippen LogP contribution in [-0.2, 0) is 9.53 Å². The van der Waals surface area contributed by atoms with Crippen molar-refractivity contribution in [3.63, 3.8) is 0 Å². The summed E-state index contributed by atoms with van der Waals surface area (Å²) in [5.41, 5.74) is 8.58. The predicted molar refractivity (Wildman–Crippen MR) is 191 cm³/mol. The Kier molecular flexibility index (Phi) is 11.1. The van der Waals surface area contributed by atoms with E-state index in [4.69, 9.17) is 19.3 Å². The molecule has 7 nitrogen and oxygen atoms in total. The van der Waals surface area contributed by atoms with Crippen LogP contribution in [0.4, 0.5) is 0 Å². The van der Waals surface area contributed by atoms with E-state index >= 15 is 0 Å². The molecule has 0 bridgehead atoms. The van der Waals surface area contributed by atoms with Crippen molar-refractivity contribution in [2.45, 2.75) is 27.7 Å². The van der Waals surface area contributed by atoms with Gasteiger partial charge in [0.2, 0.25) is 0 Å². The molecule has 0 atom stereocenters. The fraction of sp³-hybridized carbons (Fsp3) is 0.167. The van der Waals surface area contributed by atoms with Gasteiger partial charge in [-0.05, 0) is 97.0 Å². The van der Waals surface area contributed by atoms with Crippen LogP contribution in [0.25, 0.3) is 27.8 Å². The van der Waals surface area contributed by atoms with E-state index in [1.165, 1.54) is 0 Å². The van der Waals surface area contributed by atoms with Crippen LogP contribution in [0, 0.1) is 6.92 Å². The number of aliphatic carboxylic acids is 1. The van der Waals surface area contributed by atoms with Gasteiger partial charge in [-0.1, -0.05) is 84.9 Å². The molecule has 0 saturated carbocycles. The van der Waals surface area contributed by atoms with Gasteiger partial charge in [-0.25, -0.2) is 4.79 Å². The van der Waals surface area contributed by atoms with Gasteiger partial charge in [-0.2, -0.15) is 0 Å². The summed E-state index contributed by atoms with van der Waals surface area (Å²) in [5.74, 6) is 0.660. The standard InChI is InChI=1S/C42H38O7/c1-5-47-40(25-48-38-20-21-39(27(2)22-38)49-26-41(45)46)42(32-16-12-30(13-17-32)36-10-6-8-34(23-36)28(3)43)33-18-14-31(15-19-33)37-11-7-9-35(24-37)29(4)44/h6-24H,5,25-26H2,1-4H3,(H,45,46). The zero-order chi connectivity index (χ0) is 34.9. The summed E-state index contributed by atoms with van der Waals surface area (Å²) in [6, 6.07) is 36.6. The second kappa shape index (κ2) is 15.8. The lowest BCUT2D eigenvalue weighted by Gasteiger charge is -2.19. The number of aryl methyl sites for hydroxylation is 1. The van der Waals surface area contributed by atoms with Gasteiger partial charge in [0, 0.05) is 16.7 Å². The Morgan fingerprint density at radius 2 is 1.12 bits per heavy atom. The van der Waals surface area contributed by atoms with Crippen molar-refractivity contribution >= 4 is 23.1 Å². The molecule has 0 unspecified atom stereocenters. The topological polar surface area (TPSA) is 99.1 Å². The third kappa shape index (κ3) is 8.70. The van der Waals surface area contributed by atoms with Crippen molar-refractivity contribution in [2.75, 3.05) is 19.8 Å². The van der Waals surface area contributed by atoms with Gasteiger partial charge in [0.15, 0.2) is 18.2 Å². The second-order valence-electron chi connectivity index (χ2n) is 11.6. The minimum absolute atomic E-state index is 0.0131. The number of carbonyl (C=O) groups excluding carboxylic acids is 2. The van der Waals surface area contributed by atoms with Crippen molar-refractivity contribution in [1.29, 1.82) is 0 Å². The summed E-state index contributed by atoms with van der Waals surface area (Å²) in [6.45, 7) is 6.99. The van der Waals surface area contributed by atoms with E-state index in [2.05, 4.69) is 0 Å². The van der Waals surface area contributed by atoms with Gasteiger partial charge >= 0.3 is 5.97 Å². The number of benzene rings is 5. The molecule has 49 heavy (non-hydrogen) atoms. The maximum absolute atomic E-state index is 12.0. The summed E-state index contributed by atoms with van der Waals surface area (Å²) < 4.78 is 17.9. The van der Waals surface area contributed by atoms with Crippen LogP contribution in [-0.4, -0.2) is 42.5 Å². The molecule has 5 aromatic rings. The highest BCUT2D eigenvalue weighted by Crippen LogP contribution is 2.33. The molecule has 0 heterocycles. The first-order valence-corrected chi connectivity index (χ1v) is 16.0. The zero-order valence-electron chi connectivity index (χ0n) is 28.0. The van der Waals surface area contributed by atoms with E-state index in [9.17, 15) is 14.4 Å². The molecule has 0 saturated heterocycles. The average molecular weight is 655 g/mol. The summed E-state index contributed by atoms with van der Waals surface area (Å²) in [4.78, 5) is 35.0. The van der Waals surface area contributed by atoms with Crippen molar-refractivity contribution in [1.82, 2.24) is 0 Å². The first-order valence-electron chi connectivity index (χ1n) is 16.0. The molecule has 0 radical (unpaired) electrons. The number of ketones is 2. The number of ether oxygens (including phenoxy) is 3. The van der Waals surface area contributed by atoms with E-state index in [0.29, 0.717) is 35.0 Å². The Bertz CT molecular complexity index is 1900. The molecule has 0 aromatic heterocycles. The van der Waals surface area contributed by atoms with Crippen LogP contribution in [0.2, 0.25) is 0 Å².